The van der Waals surface area contributed by atoms with E-state index >= 15 is 0 Å². The van der Waals surface area contributed by atoms with Crippen molar-refractivity contribution < 1.29 is 5.11 Å². The van der Waals surface area contributed by atoms with Gasteiger partial charge in [-0.05, 0) is 35.7 Å². The zero-order chi connectivity index (χ0) is 11.5. The highest BCUT2D eigenvalue weighted by atomic mass is 35.5. The third-order valence-corrected chi connectivity index (χ3v) is 2.95. The first kappa shape index (κ1) is 11.0. The van der Waals surface area contributed by atoms with E-state index in [4.69, 9.17) is 11.6 Å². The molecule has 0 spiro atoms. The van der Waals surface area contributed by atoms with Crippen LogP contribution in [0.5, 0.6) is 5.75 Å². The maximum Gasteiger partial charge on any atom is 0.117 e. The van der Waals surface area contributed by atoms with Crippen LogP contribution in [0, 0.1) is 0 Å². The van der Waals surface area contributed by atoms with Crippen LogP contribution >= 0.6 is 11.6 Å². The Labute approximate surface area is 100 Å². The average molecular weight is 233 g/mol. The molecule has 0 aliphatic rings. The molecule has 0 aromatic heterocycles. The van der Waals surface area contributed by atoms with Crippen LogP contribution in [0.1, 0.15) is 12.5 Å². The first-order chi connectivity index (χ1) is 7.72. The minimum atomic E-state index is 0.197. The number of benzene rings is 2. The average Bonchev–Trinajstić information content (AvgIpc) is 2.29. The molecular formula is C14H13ClO. The van der Waals surface area contributed by atoms with E-state index in [1.807, 2.05) is 18.2 Å². The first-order valence-electron chi connectivity index (χ1n) is 5.29. The van der Waals surface area contributed by atoms with Gasteiger partial charge in [0.2, 0.25) is 0 Å². The summed E-state index contributed by atoms with van der Waals surface area (Å²) >= 11 is 6.13. The highest BCUT2D eigenvalue weighted by Gasteiger charge is 2.07. The van der Waals surface area contributed by atoms with Crippen LogP contribution in [0.25, 0.3) is 11.1 Å². The Bertz CT molecular complexity index is 506. The van der Waals surface area contributed by atoms with E-state index in [0.29, 0.717) is 5.02 Å². The summed E-state index contributed by atoms with van der Waals surface area (Å²) in [6.07, 6.45) is 0.966. The lowest BCUT2D eigenvalue weighted by molar-refractivity contribution is 0.475. The maximum atomic E-state index is 9.33. The van der Waals surface area contributed by atoms with E-state index < -0.39 is 0 Å². The summed E-state index contributed by atoms with van der Waals surface area (Å²) in [6, 6.07) is 13.3. The fourth-order valence-corrected chi connectivity index (χ4v) is 2.09. The van der Waals surface area contributed by atoms with Gasteiger partial charge in [0.05, 0.1) is 5.02 Å². The van der Waals surface area contributed by atoms with E-state index in [0.717, 1.165) is 17.5 Å². The maximum absolute atomic E-state index is 9.33. The molecule has 2 heteroatoms. The third kappa shape index (κ3) is 2.05. The van der Waals surface area contributed by atoms with E-state index in [9.17, 15) is 5.11 Å². The first-order valence-corrected chi connectivity index (χ1v) is 5.67. The van der Waals surface area contributed by atoms with Crippen molar-refractivity contribution in [3.63, 3.8) is 0 Å². The molecular weight excluding hydrogens is 220 g/mol. The van der Waals surface area contributed by atoms with Crippen LogP contribution < -0.4 is 0 Å². The molecule has 0 fully saturated rings. The van der Waals surface area contributed by atoms with Crippen LogP contribution in [0.3, 0.4) is 0 Å². The Morgan fingerprint density at radius 1 is 1.06 bits per heavy atom. The topological polar surface area (TPSA) is 20.2 Å². The summed E-state index contributed by atoms with van der Waals surface area (Å²) in [7, 11) is 0. The largest absolute Gasteiger partial charge is 0.508 e. The van der Waals surface area contributed by atoms with Crippen molar-refractivity contribution in [2.24, 2.45) is 0 Å². The number of phenolic OH excluding ortho intramolecular Hbond substituents is 1. The van der Waals surface area contributed by atoms with E-state index in [1.165, 1.54) is 5.56 Å². The van der Waals surface area contributed by atoms with Crippen molar-refractivity contribution in [1.29, 1.82) is 0 Å². The van der Waals surface area contributed by atoms with Gasteiger partial charge in [-0.2, -0.15) is 0 Å². The van der Waals surface area contributed by atoms with E-state index in [-0.39, 0.29) is 5.75 Å². The Kier molecular flexibility index (Phi) is 3.16. The lowest BCUT2D eigenvalue weighted by Crippen LogP contribution is -1.87. The second kappa shape index (κ2) is 4.58. The van der Waals surface area contributed by atoms with Crippen LogP contribution in [0.2, 0.25) is 5.02 Å². The zero-order valence-corrected chi connectivity index (χ0v) is 9.83. The number of aromatic hydroxyl groups is 1. The van der Waals surface area contributed by atoms with Gasteiger partial charge in [-0.3, -0.25) is 0 Å². The lowest BCUT2D eigenvalue weighted by Gasteiger charge is -2.09. The molecule has 0 bridgehead atoms. The number of halogens is 1. The number of hydrogen-bond acceptors (Lipinski definition) is 1. The predicted octanol–water partition coefficient (Wildman–Crippen LogP) is 4.28. The van der Waals surface area contributed by atoms with E-state index in [1.54, 1.807) is 12.1 Å². The van der Waals surface area contributed by atoms with Crippen LogP contribution in [0.15, 0.2) is 42.5 Å². The minimum Gasteiger partial charge on any atom is -0.508 e. The Morgan fingerprint density at radius 2 is 1.81 bits per heavy atom. The lowest BCUT2D eigenvalue weighted by atomic mass is 9.98. The van der Waals surface area contributed by atoms with Crippen LogP contribution in [-0.2, 0) is 6.42 Å². The monoisotopic (exact) mass is 232 g/mol. The van der Waals surface area contributed by atoms with Crippen molar-refractivity contribution in [3.8, 4) is 16.9 Å². The molecule has 82 valence electrons. The normalized spacial score (nSPS) is 10.4. The highest BCUT2D eigenvalue weighted by molar-refractivity contribution is 6.33. The highest BCUT2D eigenvalue weighted by Crippen LogP contribution is 2.32. The van der Waals surface area contributed by atoms with Gasteiger partial charge in [0.1, 0.15) is 5.75 Å². The Hall–Kier alpha value is -1.47. The second-order valence-corrected chi connectivity index (χ2v) is 4.08. The molecule has 2 aromatic rings. The summed E-state index contributed by atoms with van der Waals surface area (Å²) in [5, 5.41) is 9.91. The molecule has 0 amide bonds. The Morgan fingerprint density at radius 3 is 2.50 bits per heavy atom. The van der Waals surface area contributed by atoms with E-state index in [2.05, 4.69) is 19.1 Å². The van der Waals surface area contributed by atoms with Gasteiger partial charge in [-0.25, -0.2) is 0 Å². The molecule has 0 aliphatic carbocycles. The van der Waals surface area contributed by atoms with Crippen molar-refractivity contribution >= 4 is 11.6 Å². The molecule has 1 N–H and O–H groups in total. The summed E-state index contributed by atoms with van der Waals surface area (Å²) in [5.74, 6) is 0.197. The summed E-state index contributed by atoms with van der Waals surface area (Å²) < 4.78 is 0. The van der Waals surface area contributed by atoms with Crippen molar-refractivity contribution in [1.82, 2.24) is 0 Å². The number of aryl methyl sites for hydroxylation is 1. The third-order valence-electron chi connectivity index (χ3n) is 2.64. The second-order valence-electron chi connectivity index (χ2n) is 3.67. The molecule has 0 unspecified atom stereocenters. The SMILES string of the molecule is CCc1ccccc1-c1ccc(O)cc1Cl. The fraction of sp³-hybridized carbons (Fsp3) is 0.143. The smallest absolute Gasteiger partial charge is 0.117 e. The summed E-state index contributed by atoms with van der Waals surface area (Å²) in [5.41, 5.74) is 3.36. The summed E-state index contributed by atoms with van der Waals surface area (Å²) in [4.78, 5) is 0. The molecule has 0 atom stereocenters. The van der Waals surface area contributed by atoms with Crippen LogP contribution in [-0.4, -0.2) is 5.11 Å². The fourth-order valence-electron chi connectivity index (χ4n) is 1.81. The van der Waals surface area contributed by atoms with Crippen molar-refractivity contribution in [2.45, 2.75) is 13.3 Å². The minimum absolute atomic E-state index is 0.197. The van der Waals surface area contributed by atoms with Gasteiger partial charge in [0.15, 0.2) is 0 Å². The molecule has 0 saturated heterocycles. The number of rotatable bonds is 2. The molecule has 16 heavy (non-hydrogen) atoms. The molecule has 2 rings (SSSR count). The van der Waals surface area contributed by atoms with Gasteiger partial charge >= 0.3 is 0 Å². The number of hydrogen-bond donors (Lipinski definition) is 1. The number of phenols is 1. The molecule has 0 aliphatic heterocycles. The molecule has 0 radical (unpaired) electrons. The zero-order valence-electron chi connectivity index (χ0n) is 9.07. The standard InChI is InChI=1S/C14H13ClO/c1-2-10-5-3-4-6-12(10)13-8-7-11(16)9-14(13)15/h3-9,16H,2H2,1H3. The molecule has 0 saturated carbocycles. The van der Waals surface area contributed by atoms with Gasteiger partial charge in [0, 0.05) is 5.56 Å². The quantitative estimate of drug-likeness (QED) is 0.820. The Balaban J connectivity index is 2.58. The van der Waals surface area contributed by atoms with Crippen LogP contribution in [0.4, 0.5) is 0 Å². The van der Waals surface area contributed by atoms with Crippen molar-refractivity contribution in [2.75, 3.05) is 0 Å². The van der Waals surface area contributed by atoms with Gasteiger partial charge in [-0.1, -0.05) is 42.8 Å². The van der Waals surface area contributed by atoms with Crippen molar-refractivity contribution in [3.05, 3.63) is 53.1 Å². The van der Waals surface area contributed by atoms with Gasteiger partial charge < -0.3 is 5.11 Å². The predicted molar refractivity (Wildman–Crippen MR) is 67.9 cm³/mol. The van der Waals surface area contributed by atoms with Gasteiger partial charge in [0.25, 0.3) is 0 Å². The molecule has 0 heterocycles. The van der Waals surface area contributed by atoms with Gasteiger partial charge in [-0.15, -0.1) is 0 Å². The summed E-state index contributed by atoms with van der Waals surface area (Å²) in [6.45, 7) is 2.12. The molecule has 1 nitrogen and oxygen atoms in total. The molecule has 2 aromatic carbocycles.